The Bertz CT molecular complexity index is 1190. The molecular weight excluding hydrogens is 402 g/mol. The van der Waals surface area contributed by atoms with Crippen molar-refractivity contribution in [2.75, 3.05) is 5.32 Å². The monoisotopic (exact) mass is 427 g/mol. The Kier molecular flexibility index (Phi) is 5.79. The molecule has 1 N–H and O–H groups in total. The van der Waals surface area contributed by atoms with Gasteiger partial charge in [-0.1, -0.05) is 30.3 Å². The minimum atomic E-state index is -0.0333. The average molecular weight is 428 g/mol. The number of aromatic nitrogens is 4. The molecule has 5 rings (SSSR count). The number of fused-ring (bicyclic) bond motifs is 1. The van der Waals surface area contributed by atoms with Crippen LogP contribution in [0, 0.1) is 0 Å². The van der Waals surface area contributed by atoms with E-state index in [1.807, 2.05) is 54.6 Å². The number of benzene rings is 2. The van der Waals surface area contributed by atoms with Gasteiger partial charge in [0.2, 0.25) is 17.7 Å². The van der Waals surface area contributed by atoms with Gasteiger partial charge in [0.1, 0.15) is 5.82 Å². The largest absolute Gasteiger partial charge is 0.421 e. The van der Waals surface area contributed by atoms with Gasteiger partial charge in [-0.2, -0.15) is 0 Å². The van der Waals surface area contributed by atoms with Gasteiger partial charge >= 0.3 is 0 Å². The van der Waals surface area contributed by atoms with Crippen LogP contribution >= 0.6 is 0 Å². The maximum Gasteiger partial charge on any atom is 0.247 e. The summed E-state index contributed by atoms with van der Waals surface area (Å²) in [5.74, 6) is 2.16. The SMILES string of the molecule is O=C(CCCc1nnc(-c2ccccc2)o1)Nc1cccc(-c2cn3c(n2)CCCC3)c1. The lowest BCUT2D eigenvalue weighted by Crippen LogP contribution is -2.11. The number of hydrogen-bond acceptors (Lipinski definition) is 5. The zero-order valence-electron chi connectivity index (χ0n) is 17.8. The van der Waals surface area contributed by atoms with Gasteiger partial charge < -0.3 is 14.3 Å². The van der Waals surface area contributed by atoms with Crippen molar-refractivity contribution in [1.29, 1.82) is 0 Å². The summed E-state index contributed by atoms with van der Waals surface area (Å²) in [5.41, 5.74) is 3.65. The lowest BCUT2D eigenvalue weighted by molar-refractivity contribution is -0.116. The van der Waals surface area contributed by atoms with Crippen LogP contribution in [0.15, 0.2) is 65.2 Å². The lowest BCUT2D eigenvalue weighted by Gasteiger charge is -2.11. The summed E-state index contributed by atoms with van der Waals surface area (Å²) in [5, 5.41) is 11.2. The number of carbonyl (C=O) groups excluding carboxylic acids is 1. The molecule has 32 heavy (non-hydrogen) atoms. The van der Waals surface area contributed by atoms with Gasteiger partial charge in [-0.25, -0.2) is 4.98 Å². The van der Waals surface area contributed by atoms with E-state index in [0.29, 0.717) is 31.0 Å². The number of anilines is 1. The highest BCUT2D eigenvalue weighted by atomic mass is 16.4. The topological polar surface area (TPSA) is 85.8 Å². The summed E-state index contributed by atoms with van der Waals surface area (Å²) in [4.78, 5) is 17.2. The molecule has 1 aliphatic rings. The molecule has 0 bridgehead atoms. The van der Waals surface area contributed by atoms with Crippen molar-refractivity contribution >= 4 is 11.6 Å². The van der Waals surface area contributed by atoms with E-state index in [4.69, 9.17) is 9.40 Å². The standard InChI is InChI=1S/C25H25N5O2/c31-23(13-7-14-24-28-29-25(32-24)18-8-2-1-3-9-18)26-20-11-6-10-19(16-20)21-17-30-15-5-4-12-22(30)27-21/h1-3,6,8-11,16-17H,4-5,7,12-15H2,(H,26,31). The van der Waals surface area contributed by atoms with Gasteiger partial charge in [0.15, 0.2) is 0 Å². The Morgan fingerprint density at radius 1 is 1.03 bits per heavy atom. The fraction of sp³-hybridized carbons (Fsp3) is 0.280. The second kappa shape index (κ2) is 9.18. The molecule has 0 spiro atoms. The number of amides is 1. The minimum absolute atomic E-state index is 0.0333. The zero-order valence-corrected chi connectivity index (χ0v) is 17.8. The summed E-state index contributed by atoms with van der Waals surface area (Å²) in [6.07, 6.45) is 7.13. The second-order valence-electron chi connectivity index (χ2n) is 8.04. The van der Waals surface area contributed by atoms with Crippen molar-refractivity contribution < 1.29 is 9.21 Å². The molecule has 7 heteroatoms. The highest BCUT2D eigenvalue weighted by molar-refractivity contribution is 5.91. The van der Waals surface area contributed by atoms with Crippen LogP contribution in [0.3, 0.4) is 0 Å². The molecule has 162 valence electrons. The van der Waals surface area contributed by atoms with Crippen LogP contribution in [-0.4, -0.2) is 25.7 Å². The Morgan fingerprint density at radius 3 is 2.78 bits per heavy atom. The second-order valence-corrected chi connectivity index (χ2v) is 8.04. The average Bonchev–Trinajstić information content (AvgIpc) is 3.47. The van der Waals surface area contributed by atoms with E-state index in [0.717, 1.165) is 41.3 Å². The van der Waals surface area contributed by atoms with Crippen molar-refractivity contribution in [2.24, 2.45) is 0 Å². The van der Waals surface area contributed by atoms with Crippen molar-refractivity contribution in [3.63, 3.8) is 0 Å². The molecule has 0 radical (unpaired) electrons. The van der Waals surface area contributed by atoms with E-state index in [1.165, 1.54) is 12.8 Å². The quantitative estimate of drug-likeness (QED) is 0.453. The summed E-state index contributed by atoms with van der Waals surface area (Å²) in [7, 11) is 0. The van der Waals surface area contributed by atoms with Gasteiger partial charge in [0.25, 0.3) is 0 Å². The van der Waals surface area contributed by atoms with Crippen LogP contribution in [0.2, 0.25) is 0 Å². The first kappa shape index (κ1) is 20.2. The smallest absolute Gasteiger partial charge is 0.247 e. The molecule has 0 aliphatic carbocycles. The van der Waals surface area contributed by atoms with Gasteiger partial charge in [-0.3, -0.25) is 4.79 Å². The minimum Gasteiger partial charge on any atom is -0.421 e. The van der Waals surface area contributed by atoms with E-state index in [2.05, 4.69) is 26.3 Å². The molecule has 2 aromatic heterocycles. The highest BCUT2D eigenvalue weighted by Gasteiger charge is 2.14. The van der Waals surface area contributed by atoms with E-state index < -0.39 is 0 Å². The van der Waals surface area contributed by atoms with E-state index in [-0.39, 0.29) is 5.91 Å². The first-order valence-corrected chi connectivity index (χ1v) is 11.1. The summed E-state index contributed by atoms with van der Waals surface area (Å²) in [6.45, 7) is 1.03. The van der Waals surface area contributed by atoms with Crippen molar-refractivity contribution in [3.8, 4) is 22.7 Å². The molecule has 0 unspecified atom stereocenters. The third-order valence-corrected chi connectivity index (χ3v) is 5.63. The number of hydrogen-bond donors (Lipinski definition) is 1. The number of rotatable bonds is 7. The number of imidazole rings is 1. The van der Waals surface area contributed by atoms with Crippen molar-refractivity contribution in [2.45, 2.75) is 45.1 Å². The van der Waals surface area contributed by atoms with Crippen LogP contribution in [0.1, 0.15) is 37.4 Å². The summed E-state index contributed by atoms with van der Waals surface area (Å²) in [6, 6.07) is 17.5. The first-order chi connectivity index (χ1) is 15.7. The van der Waals surface area contributed by atoms with Crippen LogP contribution < -0.4 is 5.32 Å². The molecule has 0 atom stereocenters. The predicted molar refractivity (Wildman–Crippen MR) is 122 cm³/mol. The molecule has 4 aromatic rings. The molecule has 1 aliphatic heterocycles. The molecule has 3 heterocycles. The molecule has 2 aromatic carbocycles. The van der Waals surface area contributed by atoms with Gasteiger partial charge in [-0.15, -0.1) is 10.2 Å². The van der Waals surface area contributed by atoms with Gasteiger partial charge in [0, 0.05) is 48.8 Å². The van der Waals surface area contributed by atoms with Crippen LogP contribution in [0.4, 0.5) is 5.69 Å². The van der Waals surface area contributed by atoms with Crippen molar-refractivity contribution in [3.05, 3.63) is 72.5 Å². The van der Waals surface area contributed by atoms with E-state index in [1.54, 1.807) is 0 Å². The van der Waals surface area contributed by atoms with Crippen LogP contribution in [0.5, 0.6) is 0 Å². The number of carbonyl (C=O) groups is 1. The molecule has 7 nitrogen and oxygen atoms in total. The van der Waals surface area contributed by atoms with Gasteiger partial charge in [0.05, 0.1) is 5.69 Å². The summed E-state index contributed by atoms with van der Waals surface area (Å²) < 4.78 is 7.95. The molecule has 0 saturated carbocycles. The maximum absolute atomic E-state index is 12.4. The van der Waals surface area contributed by atoms with Crippen LogP contribution in [0.25, 0.3) is 22.7 Å². The zero-order chi connectivity index (χ0) is 21.8. The first-order valence-electron chi connectivity index (χ1n) is 11.1. The fourth-order valence-electron chi connectivity index (χ4n) is 3.98. The van der Waals surface area contributed by atoms with E-state index >= 15 is 0 Å². The van der Waals surface area contributed by atoms with E-state index in [9.17, 15) is 4.79 Å². The Hall–Kier alpha value is -3.74. The number of nitrogens with one attached hydrogen (secondary N) is 1. The highest BCUT2D eigenvalue weighted by Crippen LogP contribution is 2.25. The fourth-order valence-corrected chi connectivity index (χ4v) is 3.98. The Balaban J connectivity index is 1.15. The molecular formula is C25H25N5O2. The number of nitrogens with zero attached hydrogens (tertiary/aromatic N) is 4. The molecule has 1 amide bonds. The lowest BCUT2D eigenvalue weighted by atomic mass is 10.1. The Morgan fingerprint density at radius 2 is 1.91 bits per heavy atom. The third-order valence-electron chi connectivity index (χ3n) is 5.63. The Labute approximate surface area is 186 Å². The van der Waals surface area contributed by atoms with Crippen LogP contribution in [-0.2, 0) is 24.2 Å². The van der Waals surface area contributed by atoms with Gasteiger partial charge in [-0.05, 0) is 43.5 Å². The third kappa shape index (κ3) is 4.61. The normalized spacial score (nSPS) is 13.0. The van der Waals surface area contributed by atoms with Crippen molar-refractivity contribution in [1.82, 2.24) is 19.7 Å². The molecule has 0 saturated heterocycles. The predicted octanol–water partition coefficient (Wildman–Crippen LogP) is 4.90. The number of aryl methyl sites for hydroxylation is 3. The molecule has 0 fully saturated rings. The summed E-state index contributed by atoms with van der Waals surface area (Å²) >= 11 is 0. The maximum atomic E-state index is 12.4.